The van der Waals surface area contributed by atoms with Gasteiger partial charge in [-0.05, 0) is 18.1 Å². The second kappa shape index (κ2) is 5.34. The highest BCUT2D eigenvalue weighted by Gasteiger charge is 2.09. The van der Waals surface area contributed by atoms with Crippen LogP contribution in [0.2, 0.25) is 0 Å². The number of esters is 1. The van der Waals surface area contributed by atoms with Gasteiger partial charge in [-0.2, -0.15) is 0 Å². The fourth-order valence-electron chi connectivity index (χ4n) is 0.936. The molecule has 0 spiro atoms. The average Bonchev–Trinajstić information content (AvgIpc) is 2.26. The predicted molar refractivity (Wildman–Crippen MR) is 58.4 cm³/mol. The van der Waals surface area contributed by atoms with Crippen molar-refractivity contribution in [1.82, 2.24) is 4.98 Å². The third kappa shape index (κ3) is 3.58. The van der Waals surface area contributed by atoms with E-state index < -0.39 is 5.97 Å². The highest BCUT2D eigenvalue weighted by molar-refractivity contribution is 5.87. The summed E-state index contributed by atoms with van der Waals surface area (Å²) in [5.74, 6) is -0.0157. The lowest BCUT2D eigenvalue weighted by atomic mass is 10.1. The topological polar surface area (TPSA) is 65.2 Å². The van der Waals surface area contributed by atoms with Gasteiger partial charge in [-0.1, -0.05) is 20.3 Å². The van der Waals surface area contributed by atoms with Crippen LogP contribution in [0.1, 0.15) is 30.8 Å². The smallest absolute Gasteiger partial charge is 0.356 e. The summed E-state index contributed by atoms with van der Waals surface area (Å²) < 4.78 is 5.08. The molecule has 1 aromatic heterocycles. The third-order valence-electron chi connectivity index (χ3n) is 2.19. The summed E-state index contributed by atoms with van der Waals surface area (Å²) in [5, 5.41) is 0. The van der Waals surface area contributed by atoms with Crippen LogP contribution in [-0.2, 0) is 4.74 Å². The van der Waals surface area contributed by atoms with E-state index in [2.05, 4.69) is 11.9 Å². The maximum Gasteiger partial charge on any atom is 0.356 e. The number of aromatic nitrogens is 1. The molecule has 1 unspecified atom stereocenters. The fourth-order valence-corrected chi connectivity index (χ4v) is 0.936. The molecule has 2 N–H and O–H groups in total. The van der Waals surface area contributed by atoms with E-state index >= 15 is 0 Å². The Morgan fingerprint density at radius 1 is 1.60 bits per heavy atom. The molecular weight excluding hydrogens is 192 g/mol. The normalized spacial score (nSPS) is 12.1. The Bertz CT molecular complexity index is 322. The monoisotopic (exact) mass is 208 g/mol. The molecule has 1 atom stereocenters. The van der Waals surface area contributed by atoms with Crippen LogP contribution in [-0.4, -0.2) is 17.6 Å². The van der Waals surface area contributed by atoms with E-state index in [-0.39, 0.29) is 0 Å². The van der Waals surface area contributed by atoms with Gasteiger partial charge in [0, 0.05) is 0 Å². The molecule has 4 nitrogen and oxygen atoms in total. The van der Waals surface area contributed by atoms with E-state index in [1.807, 2.05) is 6.92 Å². The van der Waals surface area contributed by atoms with E-state index in [0.29, 0.717) is 23.9 Å². The number of anilines is 1. The van der Waals surface area contributed by atoms with Gasteiger partial charge in [0.2, 0.25) is 0 Å². The van der Waals surface area contributed by atoms with Crippen molar-refractivity contribution < 1.29 is 9.53 Å². The first kappa shape index (κ1) is 11.5. The molecule has 1 rings (SSSR count). The Labute approximate surface area is 89.5 Å². The Morgan fingerprint density at radius 2 is 2.33 bits per heavy atom. The quantitative estimate of drug-likeness (QED) is 0.767. The number of rotatable bonds is 4. The Hall–Kier alpha value is -1.58. The molecule has 0 amide bonds. The largest absolute Gasteiger partial charge is 0.461 e. The Morgan fingerprint density at radius 3 is 2.87 bits per heavy atom. The minimum absolute atomic E-state index is 0.299. The van der Waals surface area contributed by atoms with Crippen LogP contribution in [0.15, 0.2) is 18.3 Å². The minimum atomic E-state index is -0.393. The second-order valence-electron chi connectivity index (χ2n) is 3.59. The molecule has 0 saturated heterocycles. The van der Waals surface area contributed by atoms with Crippen molar-refractivity contribution in [3.8, 4) is 0 Å². The van der Waals surface area contributed by atoms with Gasteiger partial charge >= 0.3 is 5.97 Å². The van der Waals surface area contributed by atoms with Crippen molar-refractivity contribution in [3.05, 3.63) is 24.0 Å². The number of nitrogens with zero attached hydrogens (tertiary/aromatic N) is 1. The molecule has 0 radical (unpaired) electrons. The number of ether oxygens (including phenoxy) is 1. The highest BCUT2D eigenvalue weighted by atomic mass is 16.5. The highest BCUT2D eigenvalue weighted by Crippen LogP contribution is 2.05. The predicted octanol–water partition coefficient (Wildman–Crippen LogP) is 1.87. The van der Waals surface area contributed by atoms with E-state index in [1.165, 1.54) is 6.20 Å². The van der Waals surface area contributed by atoms with Gasteiger partial charge in [-0.3, -0.25) is 0 Å². The van der Waals surface area contributed by atoms with Gasteiger partial charge in [0.1, 0.15) is 5.69 Å². The zero-order chi connectivity index (χ0) is 11.3. The van der Waals surface area contributed by atoms with E-state index in [0.717, 1.165) is 6.42 Å². The summed E-state index contributed by atoms with van der Waals surface area (Å²) >= 11 is 0. The fraction of sp³-hybridized carbons (Fsp3) is 0.455. The van der Waals surface area contributed by atoms with Gasteiger partial charge < -0.3 is 10.5 Å². The van der Waals surface area contributed by atoms with Gasteiger partial charge in [-0.25, -0.2) is 9.78 Å². The first-order valence-corrected chi connectivity index (χ1v) is 5.02. The lowest BCUT2D eigenvalue weighted by Gasteiger charge is -2.08. The molecule has 1 aromatic rings. The van der Waals surface area contributed by atoms with Crippen molar-refractivity contribution in [1.29, 1.82) is 0 Å². The number of nitrogens with two attached hydrogens (primary N) is 1. The molecule has 0 aromatic carbocycles. The number of carbonyl (C=O) groups is 1. The van der Waals surface area contributed by atoms with Gasteiger partial charge in [-0.15, -0.1) is 0 Å². The molecule has 0 aliphatic carbocycles. The van der Waals surface area contributed by atoms with Crippen LogP contribution in [0.3, 0.4) is 0 Å². The molecule has 4 heteroatoms. The summed E-state index contributed by atoms with van der Waals surface area (Å²) in [7, 11) is 0. The summed E-state index contributed by atoms with van der Waals surface area (Å²) in [6.07, 6.45) is 2.43. The standard InChI is InChI=1S/C11H16N2O2/c1-3-8(2)7-15-11(14)10-5-4-9(12)6-13-10/h4-6,8H,3,7,12H2,1-2H3. The maximum absolute atomic E-state index is 11.5. The number of nitrogen functional groups attached to an aromatic ring is 1. The number of carbonyl (C=O) groups excluding carboxylic acids is 1. The first-order chi connectivity index (χ1) is 7.13. The average molecular weight is 208 g/mol. The van der Waals surface area contributed by atoms with Crippen LogP contribution in [0, 0.1) is 5.92 Å². The molecule has 82 valence electrons. The van der Waals surface area contributed by atoms with Crippen LogP contribution in [0.4, 0.5) is 5.69 Å². The van der Waals surface area contributed by atoms with Crippen LogP contribution >= 0.6 is 0 Å². The Balaban J connectivity index is 2.50. The van der Waals surface area contributed by atoms with E-state index in [1.54, 1.807) is 12.1 Å². The summed E-state index contributed by atoms with van der Waals surface area (Å²) in [6, 6.07) is 3.20. The molecule has 0 aliphatic rings. The minimum Gasteiger partial charge on any atom is -0.461 e. The lowest BCUT2D eigenvalue weighted by molar-refractivity contribution is 0.0440. The summed E-state index contributed by atoms with van der Waals surface area (Å²) in [5.41, 5.74) is 6.29. The lowest BCUT2D eigenvalue weighted by Crippen LogP contribution is -2.12. The molecular formula is C11H16N2O2. The molecule has 0 fully saturated rings. The van der Waals surface area contributed by atoms with Gasteiger partial charge in [0.05, 0.1) is 18.5 Å². The van der Waals surface area contributed by atoms with Crippen LogP contribution in [0.5, 0.6) is 0 Å². The third-order valence-corrected chi connectivity index (χ3v) is 2.19. The van der Waals surface area contributed by atoms with E-state index in [9.17, 15) is 4.79 Å². The molecule has 15 heavy (non-hydrogen) atoms. The first-order valence-electron chi connectivity index (χ1n) is 5.02. The van der Waals surface area contributed by atoms with Gasteiger partial charge in [0.25, 0.3) is 0 Å². The summed E-state index contributed by atoms with van der Waals surface area (Å²) in [4.78, 5) is 15.3. The summed E-state index contributed by atoms with van der Waals surface area (Å²) in [6.45, 7) is 4.52. The maximum atomic E-state index is 11.5. The number of hydrogen-bond acceptors (Lipinski definition) is 4. The zero-order valence-corrected chi connectivity index (χ0v) is 9.06. The van der Waals surface area contributed by atoms with Gasteiger partial charge in [0.15, 0.2) is 0 Å². The van der Waals surface area contributed by atoms with E-state index in [4.69, 9.17) is 10.5 Å². The zero-order valence-electron chi connectivity index (χ0n) is 9.06. The molecule has 0 bridgehead atoms. The molecule has 0 aliphatic heterocycles. The van der Waals surface area contributed by atoms with Crippen molar-refractivity contribution >= 4 is 11.7 Å². The number of pyridine rings is 1. The van der Waals surface area contributed by atoms with Crippen LogP contribution in [0.25, 0.3) is 0 Å². The second-order valence-corrected chi connectivity index (χ2v) is 3.59. The van der Waals surface area contributed by atoms with Crippen molar-refractivity contribution in [2.24, 2.45) is 5.92 Å². The van der Waals surface area contributed by atoms with Crippen molar-refractivity contribution in [2.45, 2.75) is 20.3 Å². The number of hydrogen-bond donors (Lipinski definition) is 1. The van der Waals surface area contributed by atoms with Crippen LogP contribution < -0.4 is 5.73 Å². The molecule has 1 heterocycles. The molecule has 0 saturated carbocycles. The SMILES string of the molecule is CCC(C)COC(=O)c1ccc(N)cn1. The van der Waals surface area contributed by atoms with Crippen molar-refractivity contribution in [3.63, 3.8) is 0 Å². The Kier molecular flexibility index (Phi) is 4.09. The van der Waals surface area contributed by atoms with Crippen molar-refractivity contribution in [2.75, 3.05) is 12.3 Å².